The molecule has 0 spiro atoms. The fourth-order valence-corrected chi connectivity index (χ4v) is 1.22. The molecule has 0 aliphatic carbocycles. The topological polar surface area (TPSA) is 72.6 Å². The van der Waals surface area contributed by atoms with Crippen LogP contribution in [0.2, 0.25) is 5.02 Å². The minimum absolute atomic E-state index is 0.0708. The Morgan fingerprint density at radius 2 is 2.25 bits per heavy atom. The molecule has 0 bridgehead atoms. The highest BCUT2D eigenvalue weighted by Crippen LogP contribution is 2.24. The van der Waals surface area contributed by atoms with Crippen LogP contribution in [0.25, 0.3) is 0 Å². The normalized spacial score (nSPS) is 10.1. The lowest BCUT2D eigenvalue weighted by atomic mass is 10.4. The predicted molar refractivity (Wildman–Crippen MR) is 55.0 cm³/mol. The molecule has 0 radical (unpaired) electrons. The van der Waals surface area contributed by atoms with Crippen LogP contribution < -0.4 is 4.74 Å². The predicted octanol–water partition coefficient (Wildman–Crippen LogP) is 2.82. The van der Waals surface area contributed by atoms with Gasteiger partial charge in [-0.1, -0.05) is 11.6 Å². The van der Waals surface area contributed by atoms with Crippen molar-refractivity contribution >= 4 is 17.6 Å². The van der Waals surface area contributed by atoms with Gasteiger partial charge in [-0.25, -0.2) is 4.79 Å². The lowest BCUT2D eigenvalue weighted by Gasteiger charge is -2.00. The number of carboxylic acid groups (broad SMARTS) is 1. The molecule has 0 aromatic carbocycles. The van der Waals surface area contributed by atoms with E-state index in [1.807, 2.05) is 0 Å². The highest BCUT2D eigenvalue weighted by molar-refractivity contribution is 6.30. The Kier molecular flexibility index (Phi) is 2.78. The molecule has 0 aliphatic rings. The number of hydrogen-bond donors (Lipinski definition) is 1. The molecule has 0 fully saturated rings. The van der Waals surface area contributed by atoms with Crippen LogP contribution in [0.3, 0.4) is 0 Å². The smallest absolute Gasteiger partial charge is 0.371 e. The van der Waals surface area contributed by atoms with Crippen molar-refractivity contribution in [2.75, 3.05) is 0 Å². The molecule has 6 heteroatoms. The average Bonchev–Trinajstić information content (AvgIpc) is 2.66. The van der Waals surface area contributed by atoms with E-state index in [0.717, 1.165) is 0 Å². The second kappa shape index (κ2) is 4.24. The van der Waals surface area contributed by atoms with Crippen molar-refractivity contribution in [3.05, 3.63) is 41.4 Å². The van der Waals surface area contributed by atoms with Crippen molar-refractivity contribution in [1.82, 2.24) is 4.98 Å². The summed E-state index contributed by atoms with van der Waals surface area (Å²) in [7, 11) is 0. The van der Waals surface area contributed by atoms with E-state index < -0.39 is 5.97 Å². The Balaban J connectivity index is 2.17. The average molecular weight is 240 g/mol. The Morgan fingerprint density at radius 1 is 1.44 bits per heavy atom. The molecule has 0 saturated heterocycles. The first-order valence-corrected chi connectivity index (χ1v) is 4.64. The second-order valence-corrected chi connectivity index (χ2v) is 3.30. The van der Waals surface area contributed by atoms with Crippen LogP contribution >= 0.6 is 11.6 Å². The molecular weight excluding hydrogens is 234 g/mol. The molecule has 0 atom stereocenters. The van der Waals surface area contributed by atoms with Gasteiger partial charge in [0.1, 0.15) is 0 Å². The van der Waals surface area contributed by atoms with E-state index >= 15 is 0 Å². The van der Waals surface area contributed by atoms with Gasteiger partial charge in [-0.3, -0.25) is 4.98 Å². The number of nitrogens with zero attached hydrogens (tertiary/aromatic N) is 1. The summed E-state index contributed by atoms with van der Waals surface area (Å²) in [6.07, 6.45) is 2.90. The van der Waals surface area contributed by atoms with Crippen molar-refractivity contribution in [2.45, 2.75) is 0 Å². The molecule has 82 valence electrons. The zero-order chi connectivity index (χ0) is 11.5. The van der Waals surface area contributed by atoms with Gasteiger partial charge in [0.05, 0.1) is 11.2 Å². The van der Waals surface area contributed by atoms with E-state index in [-0.39, 0.29) is 11.7 Å². The number of rotatable bonds is 3. The summed E-state index contributed by atoms with van der Waals surface area (Å²) in [6, 6.07) is 4.25. The molecule has 2 rings (SSSR count). The zero-order valence-electron chi connectivity index (χ0n) is 7.88. The van der Waals surface area contributed by atoms with Gasteiger partial charge in [-0.15, -0.1) is 0 Å². The lowest BCUT2D eigenvalue weighted by Crippen LogP contribution is -1.91. The van der Waals surface area contributed by atoms with Gasteiger partial charge in [-0.2, -0.15) is 0 Å². The van der Waals surface area contributed by atoms with Crippen LogP contribution in [0.1, 0.15) is 10.6 Å². The van der Waals surface area contributed by atoms with Crippen LogP contribution in [-0.2, 0) is 0 Å². The highest BCUT2D eigenvalue weighted by Gasteiger charge is 2.10. The molecule has 0 saturated carbocycles. The monoisotopic (exact) mass is 239 g/mol. The molecular formula is C10H6ClNO4. The van der Waals surface area contributed by atoms with Crippen LogP contribution in [0.4, 0.5) is 0 Å². The summed E-state index contributed by atoms with van der Waals surface area (Å²) in [6.45, 7) is 0. The van der Waals surface area contributed by atoms with Gasteiger partial charge in [0.2, 0.25) is 5.76 Å². The van der Waals surface area contributed by atoms with Gasteiger partial charge < -0.3 is 14.3 Å². The molecule has 2 aromatic heterocycles. The largest absolute Gasteiger partial charge is 0.475 e. The van der Waals surface area contributed by atoms with Crippen molar-refractivity contribution in [1.29, 1.82) is 0 Å². The van der Waals surface area contributed by atoms with Crippen molar-refractivity contribution in [3.8, 4) is 11.7 Å². The number of aromatic nitrogens is 1. The maximum absolute atomic E-state index is 10.5. The first-order valence-electron chi connectivity index (χ1n) is 4.26. The van der Waals surface area contributed by atoms with Crippen LogP contribution in [-0.4, -0.2) is 16.1 Å². The number of pyridine rings is 1. The highest BCUT2D eigenvalue weighted by atomic mass is 35.5. The number of ether oxygens (including phenoxy) is 1. The van der Waals surface area contributed by atoms with E-state index in [1.54, 1.807) is 0 Å². The van der Waals surface area contributed by atoms with Crippen LogP contribution in [0, 0.1) is 0 Å². The number of hydrogen-bond acceptors (Lipinski definition) is 4. The summed E-state index contributed by atoms with van der Waals surface area (Å²) >= 11 is 5.70. The minimum atomic E-state index is -1.15. The number of aromatic carboxylic acids is 1. The second-order valence-electron chi connectivity index (χ2n) is 2.86. The number of carboxylic acids is 1. The summed E-state index contributed by atoms with van der Waals surface area (Å²) in [5.41, 5.74) is 0. The zero-order valence-corrected chi connectivity index (χ0v) is 8.64. The SMILES string of the molecule is O=C(O)c1ccc(Oc2cncc(Cl)c2)o1. The standard InChI is InChI=1S/C10H6ClNO4/c11-6-3-7(5-12-4-6)15-9-2-1-8(16-9)10(13)14/h1-5H,(H,13,14). The van der Waals surface area contributed by atoms with E-state index in [2.05, 4.69) is 4.98 Å². The maximum Gasteiger partial charge on any atom is 0.371 e. The van der Waals surface area contributed by atoms with Crippen molar-refractivity contribution in [2.24, 2.45) is 0 Å². The summed E-state index contributed by atoms with van der Waals surface area (Å²) in [5, 5.41) is 9.04. The molecule has 16 heavy (non-hydrogen) atoms. The minimum Gasteiger partial charge on any atom is -0.475 e. The lowest BCUT2D eigenvalue weighted by molar-refractivity contribution is 0.0657. The van der Waals surface area contributed by atoms with E-state index in [4.69, 9.17) is 25.9 Å². The first kappa shape index (κ1) is 10.5. The Labute approximate surface area is 95.2 Å². The van der Waals surface area contributed by atoms with Gasteiger partial charge >= 0.3 is 5.97 Å². The van der Waals surface area contributed by atoms with E-state index in [1.165, 1.54) is 30.6 Å². The Hall–Kier alpha value is -2.01. The first-order chi connectivity index (χ1) is 7.65. The maximum atomic E-state index is 10.5. The van der Waals surface area contributed by atoms with Crippen LogP contribution in [0.15, 0.2) is 35.0 Å². The molecule has 5 nitrogen and oxygen atoms in total. The van der Waals surface area contributed by atoms with Gasteiger partial charge in [0, 0.05) is 18.3 Å². The third kappa shape index (κ3) is 2.32. The van der Waals surface area contributed by atoms with Crippen molar-refractivity contribution < 1.29 is 19.1 Å². The number of carbonyl (C=O) groups is 1. The van der Waals surface area contributed by atoms with Gasteiger partial charge in [0.15, 0.2) is 5.75 Å². The molecule has 2 heterocycles. The quantitative estimate of drug-likeness (QED) is 0.892. The number of halogens is 1. The van der Waals surface area contributed by atoms with E-state index in [0.29, 0.717) is 10.8 Å². The molecule has 0 unspecified atom stereocenters. The fourth-order valence-electron chi connectivity index (χ4n) is 1.05. The van der Waals surface area contributed by atoms with Crippen molar-refractivity contribution in [3.63, 3.8) is 0 Å². The third-order valence-corrected chi connectivity index (χ3v) is 1.90. The molecule has 2 aromatic rings. The molecule has 1 N–H and O–H groups in total. The molecule has 0 aliphatic heterocycles. The van der Waals surface area contributed by atoms with Crippen LogP contribution in [0.5, 0.6) is 11.7 Å². The summed E-state index contributed by atoms with van der Waals surface area (Å²) in [5.74, 6) is -0.899. The third-order valence-electron chi connectivity index (χ3n) is 1.69. The summed E-state index contributed by atoms with van der Waals surface area (Å²) in [4.78, 5) is 14.3. The Bertz CT molecular complexity index is 523. The van der Waals surface area contributed by atoms with Gasteiger partial charge in [0.25, 0.3) is 5.95 Å². The number of furan rings is 1. The Morgan fingerprint density at radius 3 is 2.88 bits per heavy atom. The van der Waals surface area contributed by atoms with E-state index in [9.17, 15) is 4.79 Å². The molecule has 0 amide bonds. The summed E-state index contributed by atoms with van der Waals surface area (Å²) < 4.78 is 10.1. The van der Waals surface area contributed by atoms with Gasteiger partial charge in [-0.05, 0) is 6.07 Å². The fraction of sp³-hybridized carbons (Fsp3) is 0.